The van der Waals surface area contributed by atoms with Crippen LogP contribution in [0.15, 0.2) is 30.3 Å². The first-order valence-electron chi connectivity index (χ1n) is 6.42. The minimum Gasteiger partial charge on any atom is -0.395 e. The van der Waals surface area contributed by atoms with E-state index in [1.54, 1.807) is 0 Å². The van der Waals surface area contributed by atoms with E-state index in [4.69, 9.17) is 10.8 Å². The number of aliphatic hydroxyl groups is 1. The van der Waals surface area contributed by atoms with Gasteiger partial charge in [-0.15, -0.1) is 0 Å². The highest BCUT2D eigenvalue weighted by Gasteiger charge is 2.24. The number of benzene rings is 1. The number of hydrogen-bond donors (Lipinski definition) is 2. The number of likely N-dealkylation sites (tertiary alicyclic amines) is 1. The van der Waals surface area contributed by atoms with Gasteiger partial charge in [0.25, 0.3) is 0 Å². The second-order valence-electron chi connectivity index (χ2n) is 4.97. The summed E-state index contributed by atoms with van der Waals surface area (Å²) in [5.41, 5.74) is 7.28. The fourth-order valence-electron chi connectivity index (χ4n) is 2.58. The zero-order chi connectivity index (χ0) is 12.1. The normalized spacial score (nSPS) is 23.5. The third-order valence-electron chi connectivity index (χ3n) is 3.61. The van der Waals surface area contributed by atoms with Crippen molar-refractivity contribution in [1.29, 1.82) is 0 Å². The SMILES string of the molecule is N[C@H](CO)C1CCCN(Cc2ccccc2)C1. The predicted octanol–water partition coefficient (Wildman–Crippen LogP) is 1.22. The Hall–Kier alpha value is -0.900. The van der Waals surface area contributed by atoms with Crippen LogP contribution in [-0.2, 0) is 6.54 Å². The topological polar surface area (TPSA) is 49.5 Å². The van der Waals surface area contributed by atoms with E-state index in [1.165, 1.54) is 12.0 Å². The number of rotatable bonds is 4. The van der Waals surface area contributed by atoms with Crippen LogP contribution in [0.25, 0.3) is 0 Å². The summed E-state index contributed by atoms with van der Waals surface area (Å²) in [4.78, 5) is 2.44. The second kappa shape index (κ2) is 6.15. The van der Waals surface area contributed by atoms with Gasteiger partial charge in [0.1, 0.15) is 0 Å². The van der Waals surface area contributed by atoms with Gasteiger partial charge in [-0.2, -0.15) is 0 Å². The van der Waals surface area contributed by atoms with Crippen LogP contribution in [0.4, 0.5) is 0 Å². The molecule has 0 saturated carbocycles. The van der Waals surface area contributed by atoms with Crippen LogP contribution in [0.2, 0.25) is 0 Å². The van der Waals surface area contributed by atoms with Crippen molar-refractivity contribution in [3.05, 3.63) is 35.9 Å². The van der Waals surface area contributed by atoms with Crippen molar-refractivity contribution < 1.29 is 5.11 Å². The average Bonchev–Trinajstić information content (AvgIpc) is 2.39. The van der Waals surface area contributed by atoms with Gasteiger partial charge in [0.2, 0.25) is 0 Å². The highest BCUT2D eigenvalue weighted by Crippen LogP contribution is 2.20. The standard InChI is InChI=1S/C14H22N2O/c15-14(11-17)13-7-4-8-16(10-13)9-12-5-2-1-3-6-12/h1-3,5-6,13-14,17H,4,7-11,15H2/t13?,14-/m1/s1. The van der Waals surface area contributed by atoms with Crippen LogP contribution in [0, 0.1) is 5.92 Å². The summed E-state index contributed by atoms with van der Waals surface area (Å²) < 4.78 is 0. The maximum atomic E-state index is 9.12. The molecule has 3 nitrogen and oxygen atoms in total. The van der Waals surface area contributed by atoms with Crippen molar-refractivity contribution in [3.8, 4) is 0 Å². The van der Waals surface area contributed by atoms with Gasteiger partial charge in [0.05, 0.1) is 6.61 Å². The number of aliphatic hydroxyl groups excluding tert-OH is 1. The molecule has 1 aliphatic heterocycles. The molecule has 0 aromatic heterocycles. The number of hydrogen-bond acceptors (Lipinski definition) is 3. The van der Waals surface area contributed by atoms with Crippen LogP contribution in [0.1, 0.15) is 18.4 Å². The third-order valence-corrected chi connectivity index (χ3v) is 3.61. The Bertz CT molecular complexity index is 328. The highest BCUT2D eigenvalue weighted by atomic mass is 16.3. The molecule has 1 fully saturated rings. The van der Waals surface area contributed by atoms with Crippen LogP contribution >= 0.6 is 0 Å². The first-order valence-corrected chi connectivity index (χ1v) is 6.42. The number of piperidine rings is 1. The van der Waals surface area contributed by atoms with Gasteiger partial charge in [-0.1, -0.05) is 30.3 Å². The van der Waals surface area contributed by atoms with E-state index >= 15 is 0 Å². The smallest absolute Gasteiger partial charge is 0.0585 e. The van der Waals surface area contributed by atoms with E-state index in [0.717, 1.165) is 26.1 Å². The molecule has 17 heavy (non-hydrogen) atoms. The van der Waals surface area contributed by atoms with E-state index < -0.39 is 0 Å². The summed E-state index contributed by atoms with van der Waals surface area (Å²) >= 11 is 0. The van der Waals surface area contributed by atoms with Gasteiger partial charge >= 0.3 is 0 Å². The van der Waals surface area contributed by atoms with Crippen molar-refractivity contribution in [1.82, 2.24) is 4.90 Å². The maximum Gasteiger partial charge on any atom is 0.0585 e. The molecule has 1 aliphatic rings. The number of nitrogens with zero attached hydrogens (tertiary/aromatic N) is 1. The Morgan fingerprint density at radius 3 is 2.82 bits per heavy atom. The Balaban J connectivity index is 1.89. The summed E-state index contributed by atoms with van der Waals surface area (Å²) in [7, 11) is 0. The van der Waals surface area contributed by atoms with Crippen LogP contribution < -0.4 is 5.73 Å². The lowest BCUT2D eigenvalue weighted by Gasteiger charge is -2.35. The molecule has 0 spiro atoms. The molecule has 1 saturated heterocycles. The summed E-state index contributed by atoms with van der Waals surface area (Å²) in [6.45, 7) is 3.25. The minimum absolute atomic E-state index is 0.0615. The molecule has 0 radical (unpaired) electrons. The van der Waals surface area contributed by atoms with Gasteiger partial charge in [-0.3, -0.25) is 4.90 Å². The molecule has 2 rings (SSSR count). The van der Waals surface area contributed by atoms with Gasteiger partial charge in [0, 0.05) is 19.1 Å². The second-order valence-corrected chi connectivity index (χ2v) is 4.97. The van der Waals surface area contributed by atoms with Crippen LogP contribution in [0.3, 0.4) is 0 Å². The van der Waals surface area contributed by atoms with E-state index in [1.807, 2.05) is 6.07 Å². The third kappa shape index (κ3) is 3.53. The molecule has 1 aromatic carbocycles. The van der Waals surface area contributed by atoms with Crippen molar-refractivity contribution in [3.63, 3.8) is 0 Å². The van der Waals surface area contributed by atoms with Crippen molar-refractivity contribution in [2.45, 2.75) is 25.4 Å². The fraction of sp³-hybridized carbons (Fsp3) is 0.571. The molecule has 1 unspecified atom stereocenters. The van der Waals surface area contributed by atoms with E-state index in [9.17, 15) is 0 Å². The molecule has 3 N–H and O–H groups in total. The zero-order valence-corrected chi connectivity index (χ0v) is 10.3. The summed E-state index contributed by atoms with van der Waals surface area (Å²) in [6.07, 6.45) is 2.33. The predicted molar refractivity (Wildman–Crippen MR) is 69.5 cm³/mol. The molecule has 0 amide bonds. The van der Waals surface area contributed by atoms with Crippen LogP contribution in [-0.4, -0.2) is 35.7 Å². The summed E-state index contributed by atoms with van der Waals surface area (Å²) in [5, 5.41) is 9.12. The van der Waals surface area contributed by atoms with E-state index in [2.05, 4.69) is 29.2 Å². The summed E-state index contributed by atoms with van der Waals surface area (Å²) in [6, 6.07) is 10.5. The average molecular weight is 234 g/mol. The molecule has 0 aliphatic carbocycles. The minimum atomic E-state index is -0.0615. The van der Waals surface area contributed by atoms with E-state index in [0.29, 0.717) is 5.92 Å². The van der Waals surface area contributed by atoms with Gasteiger partial charge < -0.3 is 10.8 Å². The first-order chi connectivity index (χ1) is 8.29. The van der Waals surface area contributed by atoms with Crippen molar-refractivity contribution in [2.75, 3.05) is 19.7 Å². The monoisotopic (exact) mass is 234 g/mol. The lowest BCUT2D eigenvalue weighted by molar-refractivity contribution is 0.125. The largest absolute Gasteiger partial charge is 0.395 e. The van der Waals surface area contributed by atoms with Crippen molar-refractivity contribution in [2.24, 2.45) is 11.7 Å². The molecule has 1 heterocycles. The van der Waals surface area contributed by atoms with Crippen molar-refractivity contribution >= 4 is 0 Å². The Morgan fingerprint density at radius 1 is 1.35 bits per heavy atom. The fourth-order valence-corrected chi connectivity index (χ4v) is 2.58. The summed E-state index contributed by atoms with van der Waals surface area (Å²) in [5.74, 6) is 0.442. The molecule has 1 aromatic rings. The maximum absolute atomic E-state index is 9.12. The molecule has 0 bridgehead atoms. The van der Waals surface area contributed by atoms with Gasteiger partial charge in [-0.05, 0) is 30.9 Å². The molecular weight excluding hydrogens is 212 g/mol. The molecule has 94 valence electrons. The quantitative estimate of drug-likeness (QED) is 0.823. The lowest BCUT2D eigenvalue weighted by atomic mass is 9.91. The number of nitrogens with two attached hydrogens (primary N) is 1. The first kappa shape index (κ1) is 12.6. The van der Waals surface area contributed by atoms with Gasteiger partial charge in [-0.25, -0.2) is 0 Å². The Labute approximate surface area is 103 Å². The van der Waals surface area contributed by atoms with Crippen LogP contribution in [0.5, 0.6) is 0 Å². The highest BCUT2D eigenvalue weighted by molar-refractivity contribution is 5.14. The Morgan fingerprint density at radius 2 is 2.12 bits per heavy atom. The zero-order valence-electron chi connectivity index (χ0n) is 10.3. The van der Waals surface area contributed by atoms with E-state index in [-0.39, 0.29) is 12.6 Å². The van der Waals surface area contributed by atoms with Gasteiger partial charge in [0.15, 0.2) is 0 Å². The molecular formula is C14H22N2O. The Kier molecular flexibility index (Phi) is 4.54. The molecule has 2 atom stereocenters. The molecule has 3 heteroatoms. The lowest BCUT2D eigenvalue weighted by Crippen LogP contribution is -2.44.